The second-order valence-corrected chi connectivity index (χ2v) is 8.16. The zero-order valence-electron chi connectivity index (χ0n) is 9.47. The fourth-order valence-electron chi connectivity index (χ4n) is 1.49. The molecule has 0 aliphatic heterocycles. The molecule has 0 atom stereocenters. The van der Waals surface area contributed by atoms with Crippen LogP contribution in [0.15, 0.2) is 16.3 Å². The Kier molecular flexibility index (Phi) is 3.84. The number of hydrogen-bond acceptors (Lipinski definition) is 5. The van der Waals surface area contributed by atoms with E-state index in [1.807, 2.05) is 6.26 Å². The van der Waals surface area contributed by atoms with Crippen molar-refractivity contribution >= 4 is 33.1 Å². The van der Waals surface area contributed by atoms with Crippen molar-refractivity contribution in [3.8, 4) is 0 Å². The molecule has 1 aliphatic rings. The van der Waals surface area contributed by atoms with Crippen molar-refractivity contribution in [1.82, 2.24) is 4.72 Å². The minimum atomic E-state index is -3.42. The van der Waals surface area contributed by atoms with Crippen molar-refractivity contribution in [1.29, 1.82) is 0 Å². The van der Waals surface area contributed by atoms with Crippen molar-refractivity contribution in [2.24, 2.45) is 0 Å². The smallest absolute Gasteiger partial charge is 0.241 e. The van der Waals surface area contributed by atoms with Gasteiger partial charge in [-0.1, -0.05) is 0 Å². The van der Waals surface area contributed by atoms with Crippen LogP contribution in [0.3, 0.4) is 0 Å². The molecule has 1 heterocycles. The van der Waals surface area contributed by atoms with Crippen LogP contribution in [0.4, 0.5) is 0 Å². The molecule has 0 aromatic carbocycles. The fraction of sp³-hybridized carbons (Fsp3) is 0.600. The average molecular weight is 293 g/mol. The monoisotopic (exact) mass is 293 g/mol. The van der Waals surface area contributed by atoms with Gasteiger partial charge < -0.3 is 5.11 Å². The van der Waals surface area contributed by atoms with E-state index in [0.717, 1.165) is 12.8 Å². The maximum absolute atomic E-state index is 12.0. The number of thioether (sulfide) groups is 1. The molecule has 2 rings (SSSR count). The minimum absolute atomic E-state index is 0.114. The van der Waals surface area contributed by atoms with Gasteiger partial charge in [-0.05, 0) is 25.2 Å². The van der Waals surface area contributed by atoms with Crippen molar-refractivity contribution in [3.63, 3.8) is 0 Å². The number of sulfonamides is 1. The zero-order valence-corrected chi connectivity index (χ0v) is 11.9. The van der Waals surface area contributed by atoms with Crippen LogP contribution < -0.4 is 4.72 Å². The maximum Gasteiger partial charge on any atom is 0.241 e. The Balaban J connectivity index is 2.03. The Morgan fingerprint density at radius 3 is 2.76 bits per heavy atom. The first-order valence-corrected chi connectivity index (χ1v) is 8.83. The standard InChI is InChI=1S/C10H15NO3S3/c1-15-10(2-3-10)7-11-17(13,14)9-4-8(5-12)16-6-9/h4,6,11-12H,2-3,5,7H2,1H3. The van der Waals surface area contributed by atoms with Gasteiger partial charge in [-0.3, -0.25) is 0 Å². The predicted molar refractivity (Wildman–Crippen MR) is 70.9 cm³/mol. The molecule has 0 amide bonds. The van der Waals surface area contributed by atoms with Gasteiger partial charge in [0, 0.05) is 21.5 Å². The third-order valence-electron chi connectivity index (χ3n) is 2.92. The molecule has 0 unspecified atom stereocenters. The summed E-state index contributed by atoms with van der Waals surface area (Å²) < 4.78 is 26.7. The van der Waals surface area contributed by atoms with E-state index in [1.54, 1.807) is 17.1 Å². The maximum atomic E-state index is 12.0. The first-order chi connectivity index (χ1) is 8.01. The number of aliphatic hydroxyl groups excluding tert-OH is 1. The Morgan fingerprint density at radius 1 is 1.59 bits per heavy atom. The lowest BCUT2D eigenvalue weighted by Gasteiger charge is -2.12. The molecule has 2 N–H and O–H groups in total. The van der Waals surface area contributed by atoms with E-state index < -0.39 is 10.0 Å². The van der Waals surface area contributed by atoms with Crippen LogP contribution in [0.1, 0.15) is 17.7 Å². The number of rotatable bonds is 6. The topological polar surface area (TPSA) is 66.4 Å². The molecule has 0 bridgehead atoms. The Morgan fingerprint density at radius 2 is 2.29 bits per heavy atom. The van der Waals surface area contributed by atoms with Gasteiger partial charge in [0.1, 0.15) is 0 Å². The Labute approximate surface area is 109 Å². The molecule has 0 spiro atoms. The molecule has 0 saturated heterocycles. The number of hydrogen-bond donors (Lipinski definition) is 2. The van der Waals surface area contributed by atoms with Gasteiger partial charge in [0.25, 0.3) is 0 Å². The highest BCUT2D eigenvalue weighted by Gasteiger charge is 2.42. The van der Waals surface area contributed by atoms with Crippen molar-refractivity contribution in [3.05, 3.63) is 16.3 Å². The summed E-state index contributed by atoms with van der Waals surface area (Å²) in [5.41, 5.74) is 0. The van der Waals surface area contributed by atoms with Gasteiger partial charge in [-0.2, -0.15) is 11.8 Å². The van der Waals surface area contributed by atoms with Crippen molar-refractivity contribution in [2.45, 2.75) is 29.1 Å². The van der Waals surface area contributed by atoms with Crippen LogP contribution in [0, 0.1) is 0 Å². The van der Waals surface area contributed by atoms with Crippen LogP contribution in [0.2, 0.25) is 0 Å². The molecular weight excluding hydrogens is 278 g/mol. The molecular formula is C10H15NO3S3. The highest BCUT2D eigenvalue weighted by atomic mass is 32.2. The summed E-state index contributed by atoms with van der Waals surface area (Å²) in [5, 5.41) is 10.5. The molecule has 1 aliphatic carbocycles. The quantitative estimate of drug-likeness (QED) is 0.832. The minimum Gasteiger partial charge on any atom is -0.391 e. The molecule has 96 valence electrons. The highest BCUT2D eigenvalue weighted by molar-refractivity contribution is 8.00. The normalized spacial score (nSPS) is 18.2. The van der Waals surface area contributed by atoms with E-state index in [9.17, 15) is 8.42 Å². The second-order valence-electron chi connectivity index (χ2n) is 4.12. The van der Waals surface area contributed by atoms with E-state index in [4.69, 9.17) is 5.11 Å². The first-order valence-electron chi connectivity index (χ1n) is 5.24. The zero-order chi connectivity index (χ0) is 12.5. The second kappa shape index (κ2) is 4.89. The fourth-order valence-corrected chi connectivity index (χ4v) is 4.57. The van der Waals surface area contributed by atoms with Gasteiger partial charge in [-0.25, -0.2) is 13.1 Å². The third-order valence-corrected chi connectivity index (χ3v) is 6.79. The molecule has 7 heteroatoms. The number of thiophene rings is 1. The van der Waals surface area contributed by atoms with Crippen LogP contribution in [-0.2, 0) is 16.6 Å². The molecule has 4 nitrogen and oxygen atoms in total. The summed E-state index contributed by atoms with van der Waals surface area (Å²) >= 11 is 2.98. The molecule has 1 fully saturated rings. The average Bonchev–Trinajstić information content (AvgIpc) is 2.94. The lowest BCUT2D eigenvalue weighted by Crippen LogP contribution is -2.31. The van der Waals surface area contributed by atoms with E-state index in [-0.39, 0.29) is 16.2 Å². The van der Waals surface area contributed by atoms with E-state index >= 15 is 0 Å². The molecule has 1 aromatic rings. The Hall–Kier alpha value is -0.0800. The summed E-state index contributed by atoms with van der Waals surface area (Å²) in [5.74, 6) is 0. The van der Waals surface area contributed by atoms with E-state index in [0.29, 0.717) is 11.4 Å². The summed E-state index contributed by atoms with van der Waals surface area (Å²) in [6.07, 6.45) is 4.15. The molecule has 1 aromatic heterocycles. The van der Waals surface area contributed by atoms with Crippen molar-refractivity contribution < 1.29 is 13.5 Å². The third kappa shape index (κ3) is 3.03. The van der Waals surface area contributed by atoms with Gasteiger partial charge in [0.15, 0.2) is 0 Å². The predicted octanol–water partition coefficient (Wildman–Crippen LogP) is 1.41. The SMILES string of the molecule is CSC1(CNS(=O)(=O)c2csc(CO)c2)CC1. The van der Waals surface area contributed by atoms with E-state index in [2.05, 4.69) is 4.72 Å². The van der Waals surface area contributed by atoms with E-state index in [1.165, 1.54) is 17.4 Å². The molecule has 1 saturated carbocycles. The van der Waals surface area contributed by atoms with Crippen molar-refractivity contribution in [2.75, 3.05) is 12.8 Å². The van der Waals surface area contributed by atoms with Gasteiger partial charge >= 0.3 is 0 Å². The van der Waals surface area contributed by atoms with Crippen LogP contribution in [0.5, 0.6) is 0 Å². The van der Waals surface area contributed by atoms with Gasteiger partial charge in [0.2, 0.25) is 10.0 Å². The molecule has 17 heavy (non-hydrogen) atoms. The largest absolute Gasteiger partial charge is 0.391 e. The number of nitrogens with one attached hydrogen (secondary N) is 1. The number of aliphatic hydroxyl groups is 1. The summed E-state index contributed by atoms with van der Waals surface area (Å²) in [6, 6.07) is 1.52. The lowest BCUT2D eigenvalue weighted by molar-refractivity contribution is 0.285. The highest BCUT2D eigenvalue weighted by Crippen LogP contribution is 2.46. The van der Waals surface area contributed by atoms with Crippen LogP contribution in [0.25, 0.3) is 0 Å². The van der Waals surface area contributed by atoms with Crippen LogP contribution >= 0.6 is 23.1 Å². The first kappa shape index (κ1) is 13.4. The van der Waals surface area contributed by atoms with Crippen LogP contribution in [-0.4, -0.2) is 31.1 Å². The lowest BCUT2D eigenvalue weighted by atomic mass is 10.4. The molecule has 0 radical (unpaired) electrons. The summed E-state index contributed by atoms with van der Waals surface area (Å²) in [4.78, 5) is 0.917. The van der Waals surface area contributed by atoms with Gasteiger partial charge in [0.05, 0.1) is 11.5 Å². The summed E-state index contributed by atoms with van der Waals surface area (Å²) in [6.45, 7) is 0.371. The Bertz CT molecular complexity index is 491. The summed E-state index contributed by atoms with van der Waals surface area (Å²) in [7, 11) is -3.42. The van der Waals surface area contributed by atoms with Gasteiger partial charge in [-0.15, -0.1) is 11.3 Å².